The summed E-state index contributed by atoms with van der Waals surface area (Å²) in [6.07, 6.45) is 0.0713. The number of carbonyl (C=O) groups is 6. The van der Waals surface area contributed by atoms with Crippen LogP contribution in [0.2, 0.25) is 0 Å². The van der Waals surface area contributed by atoms with Crippen molar-refractivity contribution in [1.29, 1.82) is 0 Å². The first-order valence-corrected chi connectivity index (χ1v) is 19.7. The van der Waals surface area contributed by atoms with Gasteiger partial charge < -0.3 is 37.4 Å². The average molecular weight is 815 g/mol. The van der Waals surface area contributed by atoms with E-state index in [2.05, 4.69) is 26.6 Å². The van der Waals surface area contributed by atoms with Crippen molar-refractivity contribution in [3.05, 3.63) is 117 Å². The highest BCUT2D eigenvalue weighted by Crippen LogP contribution is 2.33. The van der Waals surface area contributed by atoms with Gasteiger partial charge in [0.25, 0.3) is 11.1 Å². The topological polar surface area (TPSA) is 253 Å². The first-order chi connectivity index (χ1) is 27.4. The number of aromatic nitrogens is 2. The zero-order valence-electron chi connectivity index (χ0n) is 30.1. The standard InChI is InChI=1S/C38H38N8O9S2/c39-17-29(47)41-23-11-13-31-45(36(23)52)27(19-56-31)34(50)43-25(15-21-7-3-1-4-8-21)33(49)40-18-30(48)42-24-12-14-32-46(37(24)53)28(20-57-32)35(51)44-26(38(54)55)16-22-9-5-2-6-10-22/h1-14,25-28H,15-20,39H2,(H,40,49)(H,41,47)(H,42,48)(H,43,50)(H,44,51)(H,54,55)/t25-,26-,27-,28-/m0/s1. The molecule has 0 spiro atoms. The van der Waals surface area contributed by atoms with Crippen LogP contribution in [0.15, 0.2) is 105 Å². The average Bonchev–Trinajstić information content (AvgIpc) is 3.85. The number of carboxylic acid groups (broad SMARTS) is 1. The smallest absolute Gasteiger partial charge is 0.326 e. The lowest BCUT2D eigenvalue weighted by atomic mass is 10.0. The maximum Gasteiger partial charge on any atom is 0.326 e. The summed E-state index contributed by atoms with van der Waals surface area (Å²) in [5.74, 6) is -4.27. The van der Waals surface area contributed by atoms with Crippen molar-refractivity contribution < 1.29 is 33.9 Å². The van der Waals surface area contributed by atoms with Crippen LogP contribution in [0.25, 0.3) is 0 Å². The molecule has 57 heavy (non-hydrogen) atoms. The number of amides is 5. The number of hydrogen-bond donors (Lipinski definition) is 7. The third-order valence-electron chi connectivity index (χ3n) is 9.13. The van der Waals surface area contributed by atoms with Crippen molar-refractivity contribution in [2.45, 2.75) is 47.1 Å². The first kappa shape index (κ1) is 40.5. The van der Waals surface area contributed by atoms with Gasteiger partial charge in [-0.15, -0.1) is 23.5 Å². The van der Waals surface area contributed by atoms with Gasteiger partial charge in [0.05, 0.1) is 23.1 Å². The molecule has 296 valence electrons. The van der Waals surface area contributed by atoms with E-state index < -0.39 is 77.3 Å². The van der Waals surface area contributed by atoms with E-state index in [1.54, 1.807) is 72.8 Å². The van der Waals surface area contributed by atoms with E-state index in [0.717, 1.165) is 0 Å². The van der Waals surface area contributed by atoms with Crippen molar-refractivity contribution in [2.75, 3.05) is 35.2 Å². The van der Waals surface area contributed by atoms with Gasteiger partial charge in [0.15, 0.2) is 0 Å². The van der Waals surface area contributed by atoms with Gasteiger partial charge in [0.1, 0.15) is 35.5 Å². The first-order valence-electron chi connectivity index (χ1n) is 17.7. The minimum Gasteiger partial charge on any atom is -0.480 e. The molecule has 0 saturated heterocycles. The number of anilines is 2. The summed E-state index contributed by atoms with van der Waals surface area (Å²) in [5, 5.41) is 23.4. The van der Waals surface area contributed by atoms with E-state index in [9.17, 15) is 43.5 Å². The number of nitrogens with one attached hydrogen (secondary N) is 5. The Hall–Kier alpha value is -6.18. The van der Waals surface area contributed by atoms with E-state index in [1.807, 2.05) is 0 Å². The molecule has 8 N–H and O–H groups in total. The predicted octanol–water partition coefficient (Wildman–Crippen LogP) is 0.495. The molecule has 4 aromatic rings. The fourth-order valence-electron chi connectivity index (χ4n) is 6.28. The number of nitrogens with zero attached hydrogens (tertiary/aromatic N) is 2. The second-order valence-electron chi connectivity index (χ2n) is 13.0. The van der Waals surface area contributed by atoms with Crippen molar-refractivity contribution in [3.63, 3.8) is 0 Å². The Morgan fingerprint density at radius 1 is 0.667 bits per heavy atom. The van der Waals surface area contributed by atoms with Gasteiger partial charge in [-0.25, -0.2) is 4.79 Å². The molecule has 4 heterocycles. The molecule has 2 aromatic carbocycles. The highest BCUT2D eigenvalue weighted by molar-refractivity contribution is 7.99. The fourth-order valence-corrected chi connectivity index (χ4v) is 8.57. The van der Waals surface area contributed by atoms with E-state index in [-0.39, 0.29) is 42.3 Å². The second-order valence-corrected chi connectivity index (χ2v) is 15.1. The zero-order valence-corrected chi connectivity index (χ0v) is 31.8. The lowest BCUT2D eigenvalue weighted by Crippen LogP contribution is -2.51. The molecule has 2 aromatic heterocycles. The van der Waals surface area contributed by atoms with Crippen LogP contribution in [0.3, 0.4) is 0 Å². The molecule has 0 fully saturated rings. The summed E-state index contributed by atoms with van der Waals surface area (Å²) >= 11 is 2.48. The molecule has 17 nitrogen and oxygen atoms in total. The highest BCUT2D eigenvalue weighted by atomic mass is 32.2. The van der Waals surface area contributed by atoms with E-state index in [1.165, 1.54) is 44.8 Å². The van der Waals surface area contributed by atoms with Gasteiger partial charge in [-0.05, 0) is 35.4 Å². The van der Waals surface area contributed by atoms with E-state index in [0.29, 0.717) is 21.2 Å². The van der Waals surface area contributed by atoms with E-state index >= 15 is 0 Å². The third kappa shape index (κ3) is 9.62. The van der Waals surface area contributed by atoms with Crippen LogP contribution in [0.5, 0.6) is 0 Å². The number of aliphatic carboxylic acids is 1. The van der Waals surface area contributed by atoms with Gasteiger partial charge >= 0.3 is 5.97 Å². The Morgan fingerprint density at radius 3 is 1.60 bits per heavy atom. The number of benzene rings is 2. The Balaban J connectivity index is 1.11. The van der Waals surface area contributed by atoms with Crippen LogP contribution < -0.4 is 43.4 Å². The fraction of sp³-hybridized carbons (Fsp3) is 0.263. The molecule has 0 saturated carbocycles. The molecular weight excluding hydrogens is 777 g/mol. The zero-order chi connectivity index (χ0) is 40.6. The summed E-state index contributed by atoms with van der Waals surface area (Å²) in [6.45, 7) is -0.936. The van der Waals surface area contributed by atoms with Crippen LogP contribution in [-0.4, -0.2) is 86.4 Å². The molecule has 2 aliphatic heterocycles. The molecule has 6 rings (SSSR count). The number of nitrogens with two attached hydrogens (primary N) is 1. The number of fused-ring (bicyclic) bond motifs is 2. The number of carboxylic acids is 1. The van der Waals surface area contributed by atoms with Crippen LogP contribution in [-0.2, 0) is 41.6 Å². The van der Waals surface area contributed by atoms with Crippen molar-refractivity contribution >= 4 is 70.4 Å². The van der Waals surface area contributed by atoms with Gasteiger partial charge in [0.2, 0.25) is 29.5 Å². The number of pyridine rings is 2. The molecule has 4 atom stereocenters. The monoisotopic (exact) mass is 814 g/mol. The summed E-state index contributed by atoms with van der Waals surface area (Å²) in [7, 11) is 0. The Bertz CT molecular complexity index is 2320. The van der Waals surface area contributed by atoms with Crippen molar-refractivity contribution in [1.82, 2.24) is 25.1 Å². The maximum atomic E-state index is 13.7. The summed E-state index contributed by atoms with van der Waals surface area (Å²) in [4.78, 5) is 104. The summed E-state index contributed by atoms with van der Waals surface area (Å²) in [6, 6.07) is 19.1. The SMILES string of the molecule is NCC(=O)Nc1ccc2n(c1=O)[C@H](C(=O)N[C@@H](Cc1ccccc1)C(=O)NCC(=O)Nc1ccc3n(c1=O)[C@H](C(=O)N[C@@H](Cc1ccccc1)C(=O)O)CS3)CS2. The lowest BCUT2D eigenvalue weighted by Gasteiger charge is -2.22. The molecule has 0 unspecified atom stereocenters. The molecule has 19 heteroatoms. The molecule has 0 radical (unpaired) electrons. The van der Waals surface area contributed by atoms with Crippen LogP contribution >= 0.6 is 23.5 Å². The van der Waals surface area contributed by atoms with Crippen LogP contribution in [0.1, 0.15) is 23.2 Å². The minimum atomic E-state index is -1.24. The summed E-state index contributed by atoms with van der Waals surface area (Å²) < 4.78 is 2.44. The van der Waals surface area contributed by atoms with Gasteiger partial charge in [0, 0.05) is 24.3 Å². The third-order valence-corrected chi connectivity index (χ3v) is 11.4. The largest absolute Gasteiger partial charge is 0.480 e. The second kappa shape index (κ2) is 18.2. The van der Waals surface area contributed by atoms with Gasteiger partial charge in [-0.3, -0.25) is 42.7 Å². The number of rotatable bonds is 15. The molecule has 0 bridgehead atoms. The van der Waals surface area contributed by atoms with Crippen LogP contribution in [0.4, 0.5) is 11.4 Å². The number of carbonyl (C=O) groups excluding carboxylic acids is 5. The van der Waals surface area contributed by atoms with Gasteiger partial charge in [-0.2, -0.15) is 0 Å². The normalized spacial score (nSPS) is 16.3. The Labute approximate surface area is 333 Å². The van der Waals surface area contributed by atoms with E-state index in [4.69, 9.17) is 5.73 Å². The Morgan fingerprint density at radius 2 is 1.12 bits per heavy atom. The Kier molecular flexibility index (Phi) is 12.9. The molecular formula is C38H38N8O9S2. The molecule has 5 amide bonds. The van der Waals surface area contributed by atoms with Gasteiger partial charge in [-0.1, -0.05) is 60.7 Å². The highest BCUT2D eigenvalue weighted by Gasteiger charge is 2.35. The number of thioether (sulfide) groups is 2. The molecule has 0 aliphatic carbocycles. The summed E-state index contributed by atoms with van der Waals surface area (Å²) in [5.41, 5.74) is 5.25. The number of hydrogen-bond acceptors (Lipinski definition) is 11. The quantitative estimate of drug-likeness (QED) is 0.0867. The van der Waals surface area contributed by atoms with Crippen molar-refractivity contribution in [3.8, 4) is 0 Å². The minimum absolute atomic E-state index is 0.0340. The molecule has 2 aliphatic rings. The maximum absolute atomic E-state index is 13.7. The van der Waals surface area contributed by atoms with Crippen LogP contribution in [0, 0.1) is 0 Å². The lowest BCUT2D eigenvalue weighted by molar-refractivity contribution is -0.142. The van der Waals surface area contributed by atoms with Crippen molar-refractivity contribution in [2.24, 2.45) is 5.73 Å². The predicted molar refractivity (Wildman–Crippen MR) is 212 cm³/mol.